The third-order valence-corrected chi connectivity index (χ3v) is 5.25. The molecule has 2 atom stereocenters. The van der Waals surface area contributed by atoms with Gasteiger partial charge in [-0.2, -0.15) is 0 Å². The molecule has 0 aromatic carbocycles. The van der Waals surface area contributed by atoms with Gasteiger partial charge in [-0.05, 0) is 63.5 Å². The lowest BCUT2D eigenvalue weighted by Gasteiger charge is -2.38. The van der Waals surface area contributed by atoms with Crippen molar-refractivity contribution in [3.63, 3.8) is 0 Å². The molecule has 0 aromatic rings. The predicted molar refractivity (Wildman–Crippen MR) is 95.7 cm³/mol. The lowest BCUT2D eigenvalue weighted by molar-refractivity contribution is 0.272. The number of allylic oxidation sites excluding steroid dienone is 1. The van der Waals surface area contributed by atoms with Gasteiger partial charge in [0, 0.05) is 6.54 Å². The Balaban J connectivity index is 3.01. The van der Waals surface area contributed by atoms with Crippen molar-refractivity contribution < 1.29 is 0 Å². The van der Waals surface area contributed by atoms with E-state index in [1.165, 1.54) is 51.5 Å². The normalized spacial score (nSPS) is 21.7. The second-order valence-electron chi connectivity index (χ2n) is 8.44. The number of hydrogen-bond donors (Lipinski definition) is 0. The lowest BCUT2D eigenvalue weighted by atomic mass is 9.68. The van der Waals surface area contributed by atoms with Crippen LogP contribution in [0.15, 0.2) is 11.1 Å². The van der Waals surface area contributed by atoms with Gasteiger partial charge >= 0.3 is 0 Å². The van der Waals surface area contributed by atoms with Crippen LogP contribution in [0.3, 0.4) is 0 Å². The van der Waals surface area contributed by atoms with Crippen molar-refractivity contribution in [2.24, 2.45) is 17.3 Å². The highest BCUT2D eigenvalue weighted by molar-refractivity contribution is 5.23. The maximum atomic E-state index is 2.46. The van der Waals surface area contributed by atoms with Gasteiger partial charge in [-0.3, -0.25) is 0 Å². The highest BCUT2D eigenvalue weighted by Crippen LogP contribution is 2.44. The first kappa shape index (κ1) is 18.7. The first-order valence-corrected chi connectivity index (χ1v) is 9.14. The van der Waals surface area contributed by atoms with Crippen molar-refractivity contribution in [3.8, 4) is 0 Å². The molecule has 0 heterocycles. The summed E-state index contributed by atoms with van der Waals surface area (Å²) >= 11 is 0. The summed E-state index contributed by atoms with van der Waals surface area (Å²) in [5.41, 5.74) is 4.11. The topological polar surface area (TPSA) is 3.24 Å². The summed E-state index contributed by atoms with van der Waals surface area (Å²) in [5.74, 6) is 1.69. The molecule has 0 saturated carbocycles. The van der Waals surface area contributed by atoms with Crippen LogP contribution in [-0.2, 0) is 0 Å². The van der Waals surface area contributed by atoms with Gasteiger partial charge in [0.25, 0.3) is 0 Å². The second-order valence-corrected chi connectivity index (χ2v) is 8.44. The Morgan fingerprint density at radius 1 is 1.19 bits per heavy atom. The van der Waals surface area contributed by atoms with Gasteiger partial charge < -0.3 is 4.90 Å². The smallest absolute Gasteiger partial charge is 0.0189 e. The largest absolute Gasteiger partial charge is 0.305 e. The maximum absolute atomic E-state index is 2.46. The molecular weight excluding hydrogens is 254 g/mol. The molecule has 0 saturated heterocycles. The van der Waals surface area contributed by atoms with Crippen LogP contribution >= 0.6 is 0 Å². The second kappa shape index (κ2) is 8.36. The van der Waals surface area contributed by atoms with Gasteiger partial charge in [0.05, 0.1) is 0 Å². The summed E-state index contributed by atoms with van der Waals surface area (Å²) in [6.45, 7) is 13.2. The third-order valence-electron chi connectivity index (χ3n) is 5.25. The zero-order valence-electron chi connectivity index (χ0n) is 15.8. The van der Waals surface area contributed by atoms with E-state index in [9.17, 15) is 0 Å². The van der Waals surface area contributed by atoms with E-state index in [-0.39, 0.29) is 0 Å². The SMILES string of the molecule is CCCC(CC(C)CC)C1=C(CN(C)C)CCC(C)(C)C1. The molecule has 0 spiro atoms. The standard InChI is InChI=1S/C20H39N/c1-8-10-17(13-16(3)9-2)19-14-20(4,5)12-11-18(19)15-21(6)7/h16-17H,8-15H2,1-7H3. The van der Waals surface area contributed by atoms with Gasteiger partial charge in [-0.25, -0.2) is 0 Å². The molecule has 0 aromatic heterocycles. The van der Waals surface area contributed by atoms with E-state index in [1.807, 2.05) is 5.57 Å². The molecule has 0 bridgehead atoms. The number of hydrogen-bond acceptors (Lipinski definition) is 1. The maximum Gasteiger partial charge on any atom is 0.0189 e. The first-order valence-electron chi connectivity index (χ1n) is 9.14. The summed E-state index contributed by atoms with van der Waals surface area (Å²) in [5, 5.41) is 0. The van der Waals surface area contributed by atoms with E-state index in [0.29, 0.717) is 5.41 Å². The lowest BCUT2D eigenvalue weighted by Crippen LogP contribution is -2.27. The van der Waals surface area contributed by atoms with E-state index in [2.05, 4.69) is 53.6 Å². The Bertz CT molecular complexity index is 338. The molecule has 0 aliphatic heterocycles. The Morgan fingerprint density at radius 2 is 1.86 bits per heavy atom. The van der Waals surface area contributed by atoms with Crippen LogP contribution in [0.4, 0.5) is 0 Å². The van der Waals surface area contributed by atoms with E-state index < -0.39 is 0 Å². The van der Waals surface area contributed by atoms with Crippen molar-refractivity contribution in [2.75, 3.05) is 20.6 Å². The van der Waals surface area contributed by atoms with Gasteiger partial charge in [0.1, 0.15) is 0 Å². The zero-order chi connectivity index (χ0) is 16.0. The summed E-state index contributed by atoms with van der Waals surface area (Å²) in [6.07, 6.45) is 9.43. The Labute approximate surface area is 134 Å². The van der Waals surface area contributed by atoms with Crippen molar-refractivity contribution in [2.45, 2.75) is 79.6 Å². The summed E-state index contributed by atoms with van der Waals surface area (Å²) in [4.78, 5) is 2.36. The van der Waals surface area contributed by atoms with Crippen LogP contribution in [0, 0.1) is 17.3 Å². The van der Waals surface area contributed by atoms with Crippen LogP contribution in [0.1, 0.15) is 79.6 Å². The van der Waals surface area contributed by atoms with Crippen molar-refractivity contribution in [3.05, 3.63) is 11.1 Å². The van der Waals surface area contributed by atoms with Gasteiger partial charge in [0.15, 0.2) is 0 Å². The molecule has 1 aliphatic carbocycles. The monoisotopic (exact) mass is 293 g/mol. The van der Waals surface area contributed by atoms with Gasteiger partial charge in [-0.15, -0.1) is 0 Å². The van der Waals surface area contributed by atoms with Crippen molar-refractivity contribution >= 4 is 0 Å². The fourth-order valence-electron chi connectivity index (χ4n) is 3.81. The van der Waals surface area contributed by atoms with Crippen molar-refractivity contribution in [1.82, 2.24) is 4.90 Å². The van der Waals surface area contributed by atoms with Gasteiger partial charge in [0.2, 0.25) is 0 Å². The zero-order valence-corrected chi connectivity index (χ0v) is 15.8. The average Bonchev–Trinajstić information content (AvgIpc) is 2.39. The minimum Gasteiger partial charge on any atom is -0.305 e. The third kappa shape index (κ3) is 6.14. The quantitative estimate of drug-likeness (QED) is 0.503. The molecule has 2 unspecified atom stereocenters. The predicted octanol–water partition coefficient (Wildman–Crippen LogP) is 5.91. The summed E-state index contributed by atoms with van der Waals surface area (Å²) in [6, 6.07) is 0. The van der Waals surface area contributed by atoms with Crippen LogP contribution in [0.5, 0.6) is 0 Å². The van der Waals surface area contributed by atoms with Gasteiger partial charge in [-0.1, -0.05) is 58.6 Å². The molecule has 0 N–H and O–H groups in total. The molecule has 0 radical (unpaired) electrons. The molecule has 0 amide bonds. The van der Waals surface area contributed by atoms with Crippen LogP contribution in [-0.4, -0.2) is 25.5 Å². The molecule has 0 fully saturated rings. The van der Waals surface area contributed by atoms with E-state index in [0.717, 1.165) is 11.8 Å². The molecule has 124 valence electrons. The molecule has 1 rings (SSSR count). The average molecular weight is 294 g/mol. The number of nitrogens with zero attached hydrogens (tertiary/aromatic N) is 1. The Morgan fingerprint density at radius 3 is 2.38 bits per heavy atom. The molecular formula is C20H39N. The van der Waals surface area contributed by atoms with Crippen LogP contribution in [0.2, 0.25) is 0 Å². The molecule has 1 aliphatic rings. The number of rotatable bonds is 8. The minimum atomic E-state index is 0.507. The number of likely N-dealkylation sites (N-methyl/N-ethyl adjacent to an activating group) is 1. The summed E-state index contributed by atoms with van der Waals surface area (Å²) < 4.78 is 0. The minimum absolute atomic E-state index is 0.507. The van der Waals surface area contributed by atoms with Crippen LogP contribution < -0.4 is 0 Å². The Kier molecular flexibility index (Phi) is 7.47. The van der Waals surface area contributed by atoms with Crippen molar-refractivity contribution in [1.29, 1.82) is 0 Å². The van der Waals surface area contributed by atoms with E-state index >= 15 is 0 Å². The van der Waals surface area contributed by atoms with E-state index in [4.69, 9.17) is 0 Å². The first-order chi connectivity index (χ1) is 9.79. The highest BCUT2D eigenvalue weighted by Gasteiger charge is 2.31. The fourth-order valence-corrected chi connectivity index (χ4v) is 3.81. The molecule has 1 heteroatoms. The Hall–Kier alpha value is -0.300. The van der Waals surface area contributed by atoms with E-state index in [1.54, 1.807) is 5.57 Å². The fraction of sp³-hybridized carbons (Fsp3) is 0.900. The molecule has 1 nitrogen and oxygen atoms in total. The molecule has 21 heavy (non-hydrogen) atoms. The summed E-state index contributed by atoms with van der Waals surface area (Å²) in [7, 11) is 4.43. The van der Waals surface area contributed by atoms with Crippen LogP contribution in [0.25, 0.3) is 0 Å². The highest BCUT2D eigenvalue weighted by atomic mass is 15.0.